The fraction of sp³-hybridized carbons (Fsp3) is 0. The van der Waals surface area contributed by atoms with E-state index in [4.69, 9.17) is 0 Å². The molecule has 3 aromatic heterocycles. The number of carbonyl (C=O) groups is 1. The molecule has 140 valence electrons. The van der Waals surface area contributed by atoms with E-state index in [1.165, 1.54) is 4.88 Å². The molecule has 29 heavy (non-hydrogen) atoms. The van der Waals surface area contributed by atoms with Gasteiger partial charge in [0.05, 0.1) is 5.69 Å². The van der Waals surface area contributed by atoms with E-state index in [1.807, 2.05) is 95.0 Å². The molecule has 1 N–H and O–H groups in total. The van der Waals surface area contributed by atoms with Gasteiger partial charge >= 0.3 is 0 Å². The van der Waals surface area contributed by atoms with Crippen LogP contribution in [0.15, 0.2) is 96.6 Å². The van der Waals surface area contributed by atoms with Crippen LogP contribution in [0.25, 0.3) is 27.3 Å². The first-order valence-corrected chi connectivity index (χ1v) is 10.1. The van der Waals surface area contributed by atoms with Gasteiger partial charge in [0.1, 0.15) is 5.65 Å². The largest absolute Gasteiger partial charge is 0.322 e. The van der Waals surface area contributed by atoms with E-state index in [2.05, 4.69) is 16.4 Å². The van der Waals surface area contributed by atoms with Gasteiger partial charge in [-0.15, -0.1) is 11.3 Å². The highest BCUT2D eigenvalue weighted by Crippen LogP contribution is 2.26. The molecular formula is C24H17N3OS. The summed E-state index contributed by atoms with van der Waals surface area (Å²) < 4.78 is 1.98. The summed E-state index contributed by atoms with van der Waals surface area (Å²) in [6.07, 6.45) is 3.96. The van der Waals surface area contributed by atoms with Gasteiger partial charge in [-0.05, 0) is 53.4 Å². The number of fused-ring (bicyclic) bond motifs is 1. The number of anilines is 1. The Labute approximate surface area is 172 Å². The Morgan fingerprint density at radius 3 is 2.59 bits per heavy atom. The average molecular weight is 395 g/mol. The normalized spacial score (nSPS) is 10.9. The second kappa shape index (κ2) is 7.37. The number of imidazole rings is 1. The van der Waals surface area contributed by atoms with Crippen molar-refractivity contribution >= 4 is 28.6 Å². The molecule has 5 aromatic rings. The van der Waals surface area contributed by atoms with Crippen molar-refractivity contribution < 1.29 is 4.79 Å². The zero-order chi connectivity index (χ0) is 19.6. The molecule has 0 saturated heterocycles. The van der Waals surface area contributed by atoms with Gasteiger partial charge in [0.2, 0.25) is 0 Å². The molecule has 0 aliphatic heterocycles. The summed E-state index contributed by atoms with van der Waals surface area (Å²) in [5, 5.41) is 5.03. The summed E-state index contributed by atoms with van der Waals surface area (Å²) in [7, 11) is 0. The summed E-state index contributed by atoms with van der Waals surface area (Å²) in [4.78, 5) is 18.5. The van der Waals surface area contributed by atoms with Crippen molar-refractivity contribution in [1.29, 1.82) is 0 Å². The van der Waals surface area contributed by atoms with Crippen molar-refractivity contribution in [2.24, 2.45) is 0 Å². The Kier molecular flexibility index (Phi) is 4.42. The number of rotatable bonds is 4. The van der Waals surface area contributed by atoms with Crippen LogP contribution < -0.4 is 5.32 Å². The van der Waals surface area contributed by atoms with Crippen molar-refractivity contribution in [3.8, 4) is 21.7 Å². The molecule has 0 radical (unpaired) electrons. The Balaban J connectivity index is 1.36. The monoisotopic (exact) mass is 395 g/mol. The lowest BCUT2D eigenvalue weighted by molar-refractivity contribution is 0.102. The van der Waals surface area contributed by atoms with E-state index in [1.54, 1.807) is 11.3 Å². The van der Waals surface area contributed by atoms with E-state index >= 15 is 0 Å². The number of hydrogen-bond donors (Lipinski definition) is 1. The average Bonchev–Trinajstić information content (AvgIpc) is 3.44. The summed E-state index contributed by atoms with van der Waals surface area (Å²) in [6.45, 7) is 0. The van der Waals surface area contributed by atoms with Crippen LogP contribution in [0.1, 0.15) is 10.4 Å². The zero-order valence-corrected chi connectivity index (χ0v) is 16.3. The molecule has 0 aliphatic carbocycles. The molecule has 5 rings (SSSR count). The van der Waals surface area contributed by atoms with Gasteiger partial charge < -0.3 is 9.72 Å². The lowest BCUT2D eigenvalue weighted by Gasteiger charge is -2.07. The molecule has 0 bridgehead atoms. The van der Waals surface area contributed by atoms with Gasteiger partial charge in [-0.3, -0.25) is 4.79 Å². The summed E-state index contributed by atoms with van der Waals surface area (Å²) in [5.74, 6) is -0.130. The molecule has 0 aliphatic rings. The SMILES string of the molecule is O=C(Nc1cccc(-c2cn3ccccc3n2)c1)c1ccc(-c2cccs2)cc1. The van der Waals surface area contributed by atoms with Crippen LogP contribution in [0.2, 0.25) is 0 Å². The van der Waals surface area contributed by atoms with Crippen molar-refractivity contribution in [3.63, 3.8) is 0 Å². The van der Waals surface area contributed by atoms with Crippen LogP contribution in [-0.2, 0) is 0 Å². The maximum absolute atomic E-state index is 12.7. The number of pyridine rings is 1. The second-order valence-electron chi connectivity index (χ2n) is 6.68. The number of thiophene rings is 1. The van der Waals surface area contributed by atoms with Crippen LogP contribution in [0, 0.1) is 0 Å². The summed E-state index contributed by atoms with van der Waals surface area (Å²) in [5.41, 5.74) is 5.20. The number of carbonyl (C=O) groups excluding carboxylic acids is 1. The van der Waals surface area contributed by atoms with Crippen molar-refractivity contribution in [3.05, 3.63) is 102 Å². The molecule has 0 spiro atoms. The molecule has 0 saturated carbocycles. The molecule has 0 fully saturated rings. The van der Waals surface area contributed by atoms with E-state index in [0.717, 1.165) is 28.2 Å². The van der Waals surface area contributed by atoms with Crippen LogP contribution in [-0.4, -0.2) is 15.3 Å². The Hall–Kier alpha value is -3.70. The molecule has 5 heteroatoms. The van der Waals surface area contributed by atoms with Crippen LogP contribution in [0.5, 0.6) is 0 Å². The number of benzene rings is 2. The van der Waals surface area contributed by atoms with Crippen LogP contribution in [0.4, 0.5) is 5.69 Å². The van der Waals surface area contributed by atoms with E-state index in [-0.39, 0.29) is 5.91 Å². The quantitative estimate of drug-likeness (QED) is 0.407. The number of aromatic nitrogens is 2. The minimum absolute atomic E-state index is 0.130. The Morgan fingerprint density at radius 1 is 0.897 bits per heavy atom. The third kappa shape index (κ3) is 3.56. The van der Waals surface area contributed by atoms with E-state index < -0.39 is 0 Å². The lowest BCUT2D eigenvalue weighted by atomic mass is 10.1. The summed E-state index contributed by atoms with van der Waals surface area (Å²) in [6, 6.07) is 25.4. The van der Waals surface area contributed by atoms with Gasteiger partial charge in [0.15, 0.2) is 0 Å². The third-order valence-electron chi connectivity index (χ3n) is 4.73. The highest BCUT2D eigenvalue weighted by Gasteiger charge is 2.09. The third-order valence-corrected chi connectivity index (χ3v) is 5.65. The Morgan fingerprint density at radius 2 is 1.79 bits per heavy atom. The number of nitrogens with zero attached hydrogens (tertiary/aromatic N) is 2. The van der Waals surface area contributed by atoms with Gasteiger partial charge in [0.25, 0.3) is 5.91 Å². The highest BCUT2D eigenvalue weighted by atomic mass is 32.1. The molecule has 1 amide bonds. The van der Waals surface area contributed by atoms with Gasteiger partial charge in [-0.2, -0.15) is 0 Å². The molecule has 3 heterocycles. The maximum atomic E-state index is 12.7. The number of hydrogen-bond acceptors (Lipinski definition) is 3. The van der Waals surface area contributed by atoms with E-state index in [0.29, 0.717) is 5.56 Å². The molecule has 0 unspecified atom stereocenters. The second-order valence-corrected chi connectivity index (χ2v) is 7.63. The minimum atomic E-state index is -0.130. The fourth-order valence-electron chi connectivity index (χ4n) is 3.26. The lowest BCUT2D eigenvalue weighted by Crippen LogP contribution is -2.11. The Bertz CT molecular complexity index is 1250. The van der Waals surface area contributed by atoms with E-state index in [9.17, 15) is 4.79 Å². The van der Waals surface area contributed by atoms with Gasteiger partial charge in [-0.25, -0.2) is 4.98 Å². The first-order chi connectivity index (χ1) is 14.3. The number of amides is 1. The predicted molar refractivity (Wildman–Crippen MR) is 118 cm³/mol. The first kappa shape index (κ1) is 17.4. The smallest absolute Gasteiger partial charge is 0.255 e. The predicted octanol–water partition coefficient (Wildman–Crippen LogP) is 5.98. The standard InChI is InChI=1S/C24H17N3OS/c28-24(18-11-9-17(10-12-18)22-7-4-14-29-22)25-20-6-3-5-19(15-20)21-16-27-13-2-1-8-23(27)26-21/h1-16H,(H,25,28). The van der Waals surface area contributed by atoms with Gasteiger partial charge in [0, 0.05) is 34.1 Å². The van der Waals surface area contributed by atoms with Crippen molar-refractivity contribution in [2.45, 2.75) is 0 Å². The maximum Gasteiger partial charge on any atom is 0.255 e. The molecule has 2 aromatic carbocycles. The van der Waals surface area contributed by atoms with Crippen LogP contribution in [0.3, 0.4) is 0 Å². The topological polar surface area (TPSA) is 46.4 Å². The number of nitrogens with one attached hydrogen (secondary N) is 1. The van der Waals surface area contributed by atoms with Crippen LogP contribution >= 0.6 is 11.3 Å². The molecule has 4 nitrogen and oxygen atoms in total. The highest BCUT2D eigenvalue weighted by molar-refractivity contribution is 7.13. The summed E-state index contributed by atoms with van der Waals surface area (Å²) >= 11 is 1.69. The van der Waals surface area contributed by atoms with Gasteiger partial charge in [-0.1, -0.05) is 36.4 Å². The zero-order valence-electron chi connectivity index (χ0n) is 15.4. The molecule has 0 atom stereocenters. The first-order valence-electron chi connectivity index (χ1n) is 9.26. The van der Waals surface area contributed by atoms with Crippen molar-refractivity contribution in [2.75, 3.05) is 5.32 Å². The fourth-order valence-corrected chi connectivity index (χ4v) is 4.00. The minimum Gasteiger partial charge on any atom is -0.322 e. The van der Waals surface area contributed by atoms with Crippen molar-refractivity contribution in [1.82, 2.24) is 9.38 Å². The molecular weight excluding hydrogens is 378 g/mol.